The molecule has 53 heavy (non-hydrogen) atoms. The summed E-state index contributed by atoms with van der Waals surface area (Å²) in [5, 5.41) is 5.29. The molecule has 0 spiro atoms. The van der Waals surface area contributed by atoms with E-state index < -0.39 is 0 Å². The van der Waals surface area contributed by atoms with Crippen molar-refractivity contribution in [1.29, 1.82) is 0 Å². The number of nitrogens with zero attached hydrogens (tertiary/aromatic N) is 2. The smallest absolute Gasteiger partial charge is 0.252 e. The summed E-state index contributed by atoms with van der Waals surface area (Å²) < 4.78 is 5.32. The van der Waals surface area contributed by atoms with Crippen LogP contribution in [0, 0.1) is 0 Å². The van der Waals surface area contributed by atoms with Crippen molar-refractivity contribution in [2.75, 3.05) is 9.80 Å². The summed E-state index contributed by atoms with van der Waals surface area (Å²) in [5.74, 6) is 0. The summed E-state index contributed by atoms with van der Waals surface area (Å²) in [6.45, 7) is 0.123. The lowest BCUT2D eigenvalue weighted by Crippen LogP contribution is -2.61. The molecule has 0 amide bonds. The van der Waals surface area contributed by atoms with Crippen molar-refractivity contribution in [3.8, 4) is 11.1 Å². The van der Waals surface area contributed by atoms with Crippen molar-refractivity contribution in [3.63, 3.8) is 0 Å². The maximum Gasteiger partial charge on any atom is 0.252 e. The molecule has 0 radical (unpaired) electrons. The van der Waals surface area contributed by atoms with Crippen LogP contribution in [0.1, 0.15) is 0 Å². The molecule has 12 rings (SSSR count). The topological polar surface area (TPSA) is 6.48 Å². The minimum atomic E-state index is 0.123. The summed E-state index contributed by atoms with van der Waals surface area (Å²) in [6, 6.07) is 65.5. The van der Waals surface area contributed by atoms with E-state index in [9.17, 15) is 0 Å². The molecule has 0 aliphatic carbocycles. The molecule has 0 unspecified atom stereocenters. The van der Waals surface area contributed by atoms with Gasteiger partial charge in [-0.2, -0.15) is 0 Å². The van der Waals surface area contributed by atoms with Gasteiger partial charge in [0.05, 0.1) is 0 Å². The molecule has 2 nitrogen and oxygen atoms in total. The number of rotatable bonds is 3. The lowest BCUT2D eigenvalue weighted by molar-refractivity contribution is 1.26. The zero-order chi connectivity index (χ0) is 34.6. The lowest BCUT2D eigenvalue weighted by atomic mass is 9.33. The van der Waals surface area contributed by atoms with Crippen molar-refractivity contribution in [2.24, 2.45) is 0 Å². The van der Waals surface area contributed by atoms with Crippen LogP contribution in [-0.2, 0) is 0 Å². The van der Waals surface area contributed by atoms with Gasteiger partial charge in [0.25, 0.3) is 6.71 Å². The second-order valence-corrected chi connectivity index (χ2v) is 16.2. The quantitative estimate of drug-likeness (QED) is 0.169. The molecule has 8 aromatic carbocycles. The maximum absolute atomic E-state index is 2.50. The Labute approximate surface area is 315 Å². The second-order valence-electron chi connectivity index (χ2n) is 14.1. The number of benzene rings is 8. The van der Waals surface area contributed by atoms with Gasteiger partial charge in [-0.1, -0.05) is 97.1 Å². The van der Waals surface area contributed by atoms with E-state index in [2.05, 4.69) is 186 Å². The molecule has 0 saturated carbocycles. The van der Waals surface area contributed by atoms with Crippen molar-refractivity contribution >= 4 is 120 Å². The van der Waals surface area contributed by atoms with Crippen LogP contribution in [0.15, 0.2) is 176 Å². The summed E-state index contributed by atoms with van der Waals surface area (Å²) >= 11 is 3.74. The van der Waals surface area contributed by atoms with Crippen molar-refractivity contribution in [3.05, 3.63) is 176 Å². The fraction of sp³-hybridized carbons (Fsp3) is 0. The predicted molar refractivity (Wildman–Crippen MR) is 232 cm³/mol. The van der Waals surface area contributed by atoms with E-state index in [0.717, 1.165) is 5.69 Å². The van der Waals surface area contributed by atoms with Crippen LogP contribution >= 0.6 is 22.7 Å². The van der Waals surface area contributed by atoms with Gasteiger partial charge in [-0.15, -0.1) is 22.7 Å². The maximum atomic E-state index is 2.50. The molecule has 2 aliphatic heterocycles. The molecule has 10 aromatic rings. The Bertz CT molecular complexity index is 3100. The first-order valence-corrected chi connectivity index (χ1v) is 19.8. The summed E-state index contributed by atoms with van der Waals surface area (Å²) in [6.07, 6.45) is 0. The molecule has 0 fully saturated rings. The fourth-order valence-electron chi connectivity index (χ4n) is 8.95. The molecule has 0 N–H and O–H groups in total. The number of anilines is 6. The standard InChI is InChI=1S/C48H29BN2S2/c1-7-18-44-34(10-1)36-28-31(22-26-46(36)52-44)30-20-23-32(24-21-30)50-40-14-5-3-12-38(40)49-39-13-4-6-15-41(39)51(43-17-9-16-42(50)48(43)49)33-25-27-47-37(29-33)35-11-2-8-19-45(35)53-47/h1-29H. The average Bonchev–Trinajstić information content (AvgIpc) is 3.78. The van der Waals surface area contributed by atoms with Crippen LogP contribution in [0.25, 0.3) is 51.5 Å². The Kier molecular flexibility index (Phi) is 6.21. The molecule has 4 heterocycles. The molecule has 0 saturated heterocycles. The first-order valence-electron chi connectivity index (χ1n) is 18.1. The van der Waals surface area contributed by atoms with Gasteiger partial charge < -0.3 is 9.80 Å². The highest BCUT2D eigenvalue weighted by Crippen LogP contribution is 2.46. The van der Waals surface area contributed by atoms with E-state index in [1.165, 1.54) is 96.3 Å². The Hall–Kier alpha value is -6.14. The average molecular weight is 709 g/mol. The molecular weight excluding hydrogens is 679 g/mol. The zero-order valence-corrected chi connectivity index (χ0v) is 30.2. The normalized spacial score (nSPS) is 13.2. The van der Waals surface area contributed by atoms with Gasteiger partial charge in [0.2, 0.25) is 0 Å². The third-order valence-electron chi connectivity index (χ3n) is 11.3. The van der Waals surface area contributed by atoms with E-state index in [0.29, 0.717) is 0 Å². The Morgan fingerprint density at radius 2 is 0.811 bits per heavy atom. The minimum Gasteiger partial charge on any atom is -0.311 e. The van der Waals surface area contributed by atoms with Crippen molar-refractivity contribution in [2.45, 2.75) is 0 Å². The van der Waals surface area contributed by atoms with E-state index in [1.807, 2.05) is 22.7 Å². The number of hydrogen-bond donors (Lipinski definition) is 0. The van der Waals surface area contributed by atoms with Crippen LogP contribution in [-0.4, -0.2) is 6.71 Å². The Morgan fingerprint density at radius 3 is 1.47 bits per heavy atom. The van der Waals surface area contributed by atoms with Crippen LogP contribution < -0.4 is 26.2 Å². The largest absolute Gasteiger partial charge is 0.311 e. The van der Waals surface area contributed by atoms with Gasteiger partial charge in [0.1, 0.15) is 0 Å². The lowest BCUT2D eigenvalue weighted by Gasteiger charge is -2.44. The first-order chi connectivity index (χ1) is 26.3. The SMILES string of the molecule is c1ccc2c(c1)B1c3ccccc3N(c3ccc4sc5ccccc5c4c3)c3cccc(c31)N2c1ccc(-c2ccc3sc4ccccc4c3c2)cc1. The molecule has 0 bridgehead atoms. The van der Waals surface area contributed by atoms with Gasteiger partial charge in [0, 0.05) is 74.5 Å². The molecule has 2 aromatic heterocycles. The zero-order valence-electron chi connectivity index (χ0n) is 28.5. The second kappa shape index (κ2) is 11.2. The highest BCUT2D eigenvalue weighted by molar-refractivity contribution is 7.26. The van der Waals surface area contributed by atoms with Gasteiger partial charge in [-0.25, -0.2) is 0 Å². The van der Waals surface area contributed by atoms with Crippen molar-refractivity contribution in [1.82, 2.24) is 0 Å². The number of fused-ring (bicyclic) bond motifs is 10. The highest BCUT2D eigenvalue weighted by Gasteiger charge is 2.42. The van der Waals surface area contributed by atoms with Gasteiger partial charge in [0.15, 0.2) is 0 Å². The van der Waals surface area contributed by atoms with E-state index in [-0.39, 0.29) is 6.71 Å². The third-order valence-corrected chi connectivity index (χ3v) is 13.6. The number of hydrogen-bond acceptors (Lipinski definition) is 4. The van der Waals surface area contributed by atoms with Gasteiger partial charge in [-0.3, -0.25) is 0 Å². The van der Waals surface area contributed by atoms with Crippen LogP contribution in [0.4, 0.5) is 34.1 Å². The van der Waals surface area contributed by atoms with Crippen molar-refractivity contribution < 1.29 is 0 Å². The van der Waals surface area contributed by atoms with Gasteiger partial charge >= 0.3 is 0 Å². The first kappa shape index (κ1) is 29.4. The fourth-order valence-corrected chi connectivity index (χ4v) is 11.1. The number of thiophene rings is 2. The molecule has 0 atom stereocenters. The Morgan fingerprint density at radius 1 is 0.340 bits per heavy atom. The van der Waals surface area contributed by atoms with E-state index in [1.54, 1.807) is 0 Å². The predicted octanol–water partition coefficient (Wildman–Crippen LogP) is 12.2. The summed E-state index contributed by atoms with van der Waals surface area (Å²) in [7, 11) is 0. The molecule has 2 aliphatic rings. The van der Waals surface area contributed by atoms with E-state index >= 15 is 0 Å². The van der Waals surface area contributed by atoms with Gasteiger partial charge in [-0.05, 0) is 106 Å². The molecule has 5 heteroatoms. The summed E-state index contributed by atoms with van der Waals surface area (Å²) in [4.78, 5) is 4.97. The summed E-state index contributed by atoms with van der Waals surface area (Å²) in [5.41, 5.74) is 13.8. The molecule has 246 valence electrons. The highest BCUT2D eigenvalue weighted by atomic mass is 32.1. The van der Waals surface area contributed by atoms with E-state index in [4.69, 9.17) is 0 Å². The third kappa shape index (κ3) is 4.26. The minimum absolute atomic E-state index is 0.123. The molecular formula is C48H29BN2S2. The van der Waals surface area contributed by atoms with Crippen LogP contribution in [0.2, 0.25) is 0 Å². The Balaban J connectivity index is 1.02. The monoisotopic (exact) mass is 708 g/mol. The van der Waals surface area contributed by atoms with Crippen LogP contribution in [0.5, 0.6) is 0 Å². The van der Waals surface area contributed by atoms with Crippen LogP contribution in [0.3, 0.4) is 0 Å². The number of para-hydroxylation sites is 2.